The van der Waals surface area contributed by atoms with E-state index >= 15 is 0 Å². The standard InChI is InChI=1S/C15H19FN2O2S/c1-10(2)15(11-3-5-12(16)6-4-11)17-13(19)7-18-9-21-8-14(18)20/h3-6,10,15H,7-9H2,1-2H3,(H,17,19). The van der Waals surface area contributed by atoms with Gasteiger partial charge >= 0.3 is 0 Å². The lowest BCUT2D eigenvalue weighted by molar-refractivity contribution is -0.132. The SMILES string of the molecule is CC(C)C(NC(=O)CN1CSCC1=O)c1ccc(F)cc1. The zero-order valence-electron chi connectivity index (χ0n) is 12.1. The molecule has 1 unspecified atom stereocenters. The van der Waals surface area contributed by atoms with Crippen LogP contribution in [0.1, 0.15) is 25.5 Å². The normalized spacial score (nSPS) is 16.4. The topological polar surface area (TPSA) is 49.4 Å². The van der Waals surface area contributed by atoms with Crippen LogP contribution in [0.3, 0.4) is 0 Å². The zero-order valence-corrected chi connectivity index (χ0v) is 13.0. The Morgan fingerprint density at radius 1 is 1.38 bits per heavy atom. The van der Waals surface area contributed by atoms with Crippen molar-refractivity contribution in [3.8, 4) is 0 Å². The van der Waals surface area contributed by atoms with Gasteiger partial charge in [-0.2, -0.15) is 0 Å². The van der Waals surface area contributed by atoms with E-state index in [0.29, 0.717) is 11.6 Å². The van der Waals surface area contributed by atoms with Crippen LogP contribution in [-0.2, 0) is 9.59 Å². The fourth-order valence-corrected chi connectivity index (χ4v) is 3.14. The van der Waals surface area contributed by atoms with Crippen molar-refractivity contribution in [2.75, 3.05) is 18.2 Å². The Morgan fingerprint density at radius 2 is 2.05 bits per heavy atom. The molecule has 1 aliphatic heterocycles. The summed E-state index contributed by atoms with van der Waals surface area (Å²) in [6.07, 6.45) is 0. The van der Waals surface area contributed by atoms with Crippen LogP contribution in [-0.4, -0.2) is 34.9 Å². The first-order valence-corrected chi connectivity index (χ1v) is 8.03. The average Bonchev–Trinajstić information content (AvgIpc) is 2.82. The number of hydrogen-bond acceptors (Lipinski definition) is 3. The highest BCUT2D eigenvalue weighted by Gasteiger charge is 2.25. The lowest BCUT2D eigenvalue weighted by atomic mass is 9.96. The van der Waals surface area contributed by atoms with Gasteiger partial charge in [-0.05, 0) is 23.6 Å². The van der Waals surface area contributed by atoms with E-state index < -0.39 is 0 Å². The van der Waals surface area contributed by atoms with E-state index in [4.69, 9.17) is 0 Å². The first kappa shape index (κ1) is 15.8. The Hall–Kier alpha value is -1.56. The van der Waals surface area contributed by atoms with Crippen molar-refractivity contribution in [2.24, 2.45) is 5.92 Å². The van der Waals surface area contributed by atoms with Crippen LogP contribution < -0.4 is 5.32 Å². The van der Waals surface area contributed by atoms with Gasteiger partial charge in [0.1, 0.15) is 12.4 Å². The molecule has 21 heavy (non-hydrogen) atoms. The molecular weight excluding hydrogens is 291 g/mol. The van der Waals surface area contributed by atoms with E-state index in [2.05, 4.69) is 5.32 Å². The van der Waals surface area contributed by atoms with E-state index in [-0.39, 0.29) is 36.1 Å². The Kier molecular flexibility index (Phi) is 5.22. The Bertz CT molecular complexity index is 519. The molecule has 1 atom stereocenters. The van der Waals surface area contributed by atoms with Crippen LogP contribution in [0.5, 0.6) is 0 Å². The number of amides is 2. The molecule has 2 amide bonds. The van der Waals surface area contributed by atoms with Gasteiger partial charge in [-0.3, -0.25) is 9.59 Å². The number of benzene rings is 1. The van der Waals surface area contributed by atoms with Gasteiger partial charge in [0.15, 0.2) is 0 Å². The molecule has 4 nitrogen and oxygen atoms in total. The Labute approximate surface area is 128 Å². The molecule has 2 rings (SSSR count). The molecule has 1 saturated heterocycles. The van der Waals surface area contributed by atoms with Crippen molar-refractivity contribution >= 4 is 23.6 Å². The molecule has 6 heteroatoms. The molecule has 0 saturated carbocycles. The summed E-state index contributed by atoms with van der Waals surface area (Å²) in [5, 5.41) is 2.94. The third-order valence-electron chi connectivity index (χ3n) is 3.37. The molecule has 0 aliphatic carbocycles. The number of nitrogens with zero attached hydrogens (tertiary/aromatic N) is 1. The molecule has 1 aliphatic rings. The summed E-state index contributed by atoms with van der Waals surface area (Å²) >= 11 is 1.51. The summed E-state index contributed by atoms with van der Waals surface area (Å²) in [5.41, 5.74) is 0.863. The van der Waals surface area contributed by atoms with Crippen molar-refractivity contribution < 1.29 is 14.0 Å². The molecule has 1 N–H and O–H groups in total. The number of rotatable bonds is 5. The lowest BCUT2D eigenvalue weighted by Crippen LogP contribution is -2.40. The summed E-state index contributed by atoms with van der Waals surface area (Å²) in [4.78, 5) is 25.2. The van der Waals surface area contributed by atoms with Crippen molar-refractivity contribution in [3.63, 3.8) is 0 Å². The molecule has 0 bridgehead atoms. The minimum absolute atomic E-state index is 0.00182. The highest BCUT2D eigenvalue weighted by Crippen LogP contribution is 2.22. The number of hydrogen-bond donors (Lipinski definition) is 1. The maximum Gasteiger partial charge on any atom is 0.240 e. The zero-order chi connectivity index (χ0) is 15.4. The molecule has 1 aromatic rings. The molecule has 1 fully saturated rings. The summed E-state index contributed by atoms with van der Waals surface area (Å²) in [5.74, 6) is 0.691. The van der Waals surface area contributed by atoms with E-state index in [1.807, 2.05) is 13.8 Å². The largest absolute Gasteiger partial charge is 0.347 e. The smallest absolute Gasteiger partial charge is 0.240 e. The van der Waals surface area contributed by atoms with Crippen molar-refractivity contribution in [1.29, 1.82) is 0 Å². The van der Waals surface area contributed by atoms with Crippen LogP contribution >= 0.6 is 11.8 Å². The van der Waals surface area contributed by atoms with Crippen LogP contribution in [0.4, 0.5) is 4.39 Å². The first-order valence-electron chi connectivity index (χ1n) is 6.87. The summed E-state index contributed by atoms with van der Waals surface area (Å²) in [7, 11) is 0. The van der Waals surface area contributed by atoms with E-state index in [1.54, 1.807) is 17.0 Å². The maximum absolute atomic E-state index is 13.0. The maximum atomic E-state index is 13.0. The fourth-order valence-electron chi connectivity index (χ4n) is 2.24. The minimum atomic E-state index is -0.299. The summed E-state index contributed by atoms with van der Waals surface area (Å²) < 4.78 is 13.0. The molecule has 114 valence electrons. The Balaban J connectivity index is 2.00. The van der Waals surface area contributed by atoms with Crippen LogP contribution in [0.2, 0.25) is 0 Å². The fraction of sp³-hybridized carbons (Fsp3) is 0.467. The number of thioether (sulfide) groups is 1. The Morgan fingerprint density at radius 3 is 2.57 bits per heavy atom. The molecule has 1 aromatic carbocycles. The molecule has 1 heterocycles. The summed E-state index contributed by atoms with van der Waals surface area (Å²) in [6, 6.07) is 5.94. The quantitative estimate of drug-likeness (QED) is 0.907. The number of nitrogens with one attached hydrogen (secondary N) is 1. The highest BCUT2D eigenvalue weighted by molar-refractivity contribution is 8.00. The second-order valence-electron chi connectivity index (χ2n) is 5.41. The van der Waals surface area contributed by atoms with Gasteiger partial charge in [0.05, 0.1) is 17.7 Å². The average molecular weight is 310 g/mol. The predicted octanol–water partition coefficient (Wildman–Crippen LogP) is 2.17. The van der Waals surface area contributed by atoms with Gasteiger partial charge in [-0.25, -0.2) is 4.39 Å². The number of halogens is 1. The van der Waals surface area contributed by atoms with Crippen LogP contribution in [0, 0.1) is 11.7 Å². The van der Waals surface area contributed by atoms with Gasteiger partial charge in [0.2, 0.25) is 11.8 Å². The molecular formula is C15H19FN2O2S. The molecule has 0 aromatic heterocycles. The van der Waals surface area contributed by atoms with Gasteiger partial charge < -0.3 is 10.2 Å². The van der Waals surface area contributed by atoms with Crippen LogP contribution in [0.25, 0.3) is 0 Å². The van der Waals surface area contributed by atoms with Crippen molar-refractivity contribution in [2.45, 2.75) is 19.9 Å². The monoisotopic (exact) mass is 310 g/mol. The lowest BCUT2D eigenvalue weighted by Gasteiger charge is -2.24. The van der Waals surface area contributed by atoms with E-state index in [0.717, 1.165) is 5.56 Å². The minimum Gasteiger partial charge on any atom is -0.347 e. The highest BCUT2D eigenvalue weighted by atomic mass is 32.2. The van der Waals surface area contributed by atoms with Gasteiger partial charge in [0.25, 0.3) is 0 Å². The van der Waals surface area contributed by atoms with Crippen molar-refractivity contribution in [3.05, 3.63) is 35.6 Å². The van der Waals surface area contributed by atoms with E-state index in [1.165, 1.54) is 23.9 Å². The van der Waals surface area contributed by atoms with Gasteiger partial charge in [-0.1, -0.05) is 26.0 Å². The molecule has 0 radical (unpaired) electrons. The second-order valence-corrected chi connectivity index (χ2v) is 6.37. The van der Waals surface area contributed by atoms with Crippen molar-refractivity contribution in [1.82, 2.24) is 10.2 Å². The van der Waals surface area contributed by atoms with Gasteiger partial charge in [-0.15, -0.1) is 11.8 Å². The first-order chi connectivity index (χ1) is 9.97. The third-order valence-corrected chi connectivity index (χ3v) is 4.32. The molecule has 0 spiro atoms. The van der Waals surface area contributed by atoms with Gasteiger partial charge in [0, 0.05) is 0 Å². The number of carbonyl (C=O) groups is 2. The summed E-state index contributed by atoms with van der Waals surface area (Å²) in [6.45, 7) is 4.06. The predicted molar refractivity (Wildman–Crippen MR) is 81.2 cm³/mol. The number of carbonyl (C=O) groups excluding carboxylic acids is 2. The third kappa shape index (κ3) is 4.20. The van der Waals surface area contributed by atoms with E-state index in [9.17, 15) is 14.0 Å². The second kappa shape index (κ2) is 6.93. The van der Waals surface area contributed by atoms with Crippen LogP contribution in [0.15, 0.2) is 24.3 Å².